The van der Waals surface area contributed by atoms with Crippen molar-refractivity contribution in [1.29, 1.82) is 0 Å². The maximum Gasteiger partial charge on any atom is 0.170 e. The minimum Gasteiger partial charge on any atom is -0.409 e. The van der Waals surface area contributed by atoms with Crippen LogP contribution in [-0.2, 0) is 6.54 Å². The number of benzene rings is 1. The fourth-order valence-corrected chi connectivity index (χ4v) is 3.17. The molecule has 0 amide bonds. The number of hydrogen-bond donors (Lipinski definition) is 3. The van der Waals surface area contributed by atoms with E-state index < -0.39 is 0 Å². The lowest BCUT2D eigenvalue weighted by atomic mass is 10.1. The van der Waals surface area contributed by atoms with E-state index in [0.29, 0.717) is 6.04 Å². The van der Waals surface area contributed by atoms with Crippen LogP contribution in [0.1, 0.15) is 24.0 Å². The van der Waals surface area contributed by atoms with E-state index >= 15 is 0 Å². The molecule has 1 saturated heterocycles. The molecule has 98 valence electrons. The van der Waals surface area contributed by atoms with Gasteiger partial charge in [0.15, 0.2) is 5.84 Å². The van der Waals surface area contributed by atoms with Gasteiger partial charge in [-0.25, -0.2) is 0 Å². The van der Waals surface area contributed by atoms with Gasteiger partial charge in [0.1, 0.15) is 0 Å². The highest BCUT2D eigenvalue weighted by Gasteiger charge is 2.12. The van der Waals surface area contributed by atoms with Gasteiger partial charge in [0, 0.05) is 18.2 Å². The number of nitrogens with two attached hydrogens (primary N) is 1. The van der Waals surface area contributed by atoms with Crippen molar-refractivity contribution in [2.75, 3.05) is 11.5 Å². The van der Waals surface area contributed by atoms with Crippen molar-refractivity contribution in [3.05, 3.63) is 35.4 Å². The maximum absolute atomic E-state index is 8.66. The molecule has 4 nitrogen and oxygen atoms in total. The topological polar surface area (TPSA) is 70.6 Å². The van der Waals surface area contributed by atoms with Crippen molar-refractivity contribution in [2.45, 2.75) is 25.4 Å². The number of hydrogen-bond acceptors (Lipinski definition) is 4. The number of oxime groups is 1. The smallest absolute Gasteiger partial charge is 0.170 e. The third-order valence-corrected chi connectivity index (χ3v) is 4.20. The SMILES string of the molecule is N/C(=N/O)c1cccc(CNC2CCSCC2)c1. The molecule has 4 N–H and O–H groups in total. The lowest BCUT2D eigenvalue weighted by Crippen LogP contribution is -2.32. The summed E-state index contributed by atoms with van der Waals surface area (Å²) in [4.78, 5) is 0. The van der Waals surface area contributed by atoms with Crippen molar-refractivity contribution in [3.8, 4) is 0 Å². The number of thioether (sulfide) groups is 1. The van der Waals surface area contributed by atoms with E-state index in [9.17, 15) is 0 Å². The van der Waals surface area contributed by atoms with Gasteiger partial charge in [0.25, 0.3) is 0 Å². The average Bonchev–Trinajstić information content (AvgIpc) is 2.45. The van der Waals surface area contributed by atoms with E-state index in [2.05, 4.69) is 16.5 Å². The molecule has 1 fully saturated rings. The Labute approximate surface area is 112 Å². The van der Waals surface area contributed by atoms with Gasteiger partial charge in [0.2, 0.25) is 0 Å². The lowest BCUT2D eigenvalue weighted by molar-refractivity contribution is 0.318. The van der Waals surface area contributed by atoms with E-state index in [1.165, 1.54) is 24.3 Å². The summed E-state index contributed by atoms with van der Waals surface area (Å²) in [5, 5.41) is 15.2. The second kappa shape index (κ2) is 6.66. The summed E-state index contributed by atoms with van der Waals surface area (Å²) in [5.74, 6) is 2.66. The van der Waals surface area contributed by atoms with Crippen molar-refractivity contribution in [1.82, 2.24) is 5.32 Å². The molecule has 0 atom stereocenters. The van der Waals surface area contributed by atoms with E-state index in [4.69, 9.17) is 10.9 Å². The molecule has 1 aliphatic rings. The van der Waals surface area contributed by atoms with Gasteiger partial charge in [-0.05, 0) is 36.0 Å². The van der Waals surface area contributed by atoms with Gasteiger partial charge in [-0.1, -0.05) is 23.4 Å². The zero-order valence-corrected chi connectivity index (χ0v) is 11.1. The monoisotopic (exact) mass is 265 g/mol. The van der Waals surface area contributed by atoms with Gasteiger partial charge in [-0.15, -0.1) is 0 Å². The van der Waals surface area contributed by atoms with E-state index in [1.807, 2.05) is 30.0 Å². The van der Waals surface area contributed by atoms with E-state index in [0.717, 1.165) is 17.7 Å². The van der Waals surface area contributed by atoms with Gasteiger partial charge in [-0.3, -0.25) is 0 Å². The van der Waals surface area contributed by atoms with Crippen molar-refractivity contribution in [3.63, 3.8) is 0 Å². The fourth-order valence-electron chi connectivity index (χ4n) is 2.06. The summed E-state index contributed by atoms with van der Waals surface area (Å²) in [6.45, 7) is 0.835. The van der Waals surface area contributed by atoms with Crippen LogP contribution < -0.4 is 11.1 Å². The van der Waals surface area contributed by atoms with Crippen LogP contribution in [-0.4, -0.2) is 28.6 Å². The Hall–Kier alpha value is -1.20. The number of rotatable bonds is 4. The highest BCUT2D eigenvalue weighted by molar-refractivity contribution is 7.99. The Kier molecular flexibility index (Phi) is 4.90. The van der Waals surface area contributed by atoms with Crippen LogP contribution in [0.3, 0.4) is 0 Å². The second-order valence-electron chi connectivity index (χ2n) is 4.45. The minimum absolute atomic E-state index is 0.158. The van der Waals surface area contributed by atoms with Crippen LogP contribution >= 0.6 is 11.8 Å². The summed E-state index contributed by atoms with van der Waals surface area (Å²) in [6.07, 6.45) is 2.48. The first kappa shape index (κ1) is 13.2. The Bertz CT molecular complexity index is 416. The standard InChI is InChI=1S/C13H19N3OS/c14-13(16-17)11-3-1-2-10(8-11)9-15-12-4-6-18-7-5-12/h1-3,8,12,15,17H,4-7,9H2,(H2,14,16). The van der Waals surface area contributed by atoms with E-state index in [-0.39, 0.29) is 5.84 Å². The number of nitrogens with zero attached hydrogens (tertiary/aromatic N) is 1. The molecule has 0 unspecified atom stereocenters. The van der Waals surface area contributed by atoms with Crippen LogP contribution in [0.4, 0.5) is 0 Å². The summed E-state index contributed by atoms with van der Waals surface area (Å²) in [5.41, 5.74) is 7.50. The first-order chi connectivity index (χ1) is 8.79. The quantitative estimate of drug-likeness (QED) is 0.336. The van der Waals surface area contributed by atoms with Crippen LogP contribution in [0.5, 0.6) is 0 Å². The first-order valence-electron chi connectivity index (χ1n) is 6.17. The predicted octanol–water partition coefficient (Wildman–Crippen LogP) is 1.77. The van der Waals surface area contributed by atoms with Crippen molar-refractivity contribution < 1.29 is 5.21 Å². The molecule has 1 aromatic rings. The fraction of sp³-hybridized carbons (Fsp3) is 0.462. The Balaban J connectivity index is 1.92. The molecule has 1 heterocycles. The first-order valence-corrected chi connectivity index (χ1v) is 7.33. The molecule has 1 aromatic carbocycles. The van der Waals surface area contributed by atoms with Gasteiger partial charge in [0.05, 0.1) is 0 Å². The van der Waals surface area contributed by atoms with Crippen LogP contribution in [0.25, 0.3) is 0 Å². The van der Waals surface area contributed by atoms with Crippen LogP contribution in [0.2, 0.25) is 0 Å². The van der Waals surface area contributed by atoms with Gasteiger partial charge < -0.3 is 16.3 Å². The zero-order chi connectivity index (χ0) is 12.8. The molecule has 5 heteroatoms. The third-order valence-electron chi connectivity index (χ3n) is 3.15. The molecule has 0 bridgehead atoms. The summed E-state index contributed by atoms with van der Waals surface area (Å²) < 4.78 is 0. The van der Waals surface area contributed by atoms with Gasteiger partial charge in [-0.2, -0.15) is 11.8 Å². The molecular weight excluding hydrogens is 246 g/mol. The molecule has 0 spiro atoms. The summed E-state index contributed by atoms with van der Waals surface area (Å²) in [6, 6.07) is 8.41. The molecule has 1 aliphatic heterocycles. The number of nitrogens with one attached hydrogen (secondary N) is 1. The Morgan fingerprint density at radius 2 is 2.22 bits per heavy atom. The second-order valence-corrected chi connectivity index (χ2v) is 5.68. The normalized spacial score (nSPS) is 17.9. The molecule has 0 aromatic heterocycles. The molecular formula is C13H19N3OS. The average molecular weight is 265 g/mol. The summed E-state index contributed by atoms with van der Waals surface area (Å²) in [7, 11) is 0. The van der Waals surface area contributed by atoms with Crippen LogP contribution in [0.15, 0.2) is 29.4 Å². The minimum atomic E-state index is 0.158. The maximum atomic E-state index is 8.66. The molecule has 0 radical (unpaired) electrons. The number of amidine groups is 1. The van der Waals surface area contributed by atoms with E-state index in [1.54, 1.807) is 0 Å². The van der Waals surface area contributed by atoms with Gasteiger partial charge >= 0.3 is 0 Å². The summed E-state index contributed by atoms with van der Waals surface area (Å²) >= 11 is 2.03. The highest BCUT2D eigenvalue weighted by atomic mass is 32.2. The largest absolute Gasteiger partial charge is 0.409 e. The van der Waals surface area contributed by atoms with Crippen molar-refractivity contribution in [2.24, 2.45) is 10.9 Å². The predicted molar refractivity (Wildman–Crippen MR) is 76.1 cm³/mol. The highest BCUT2D eigenvalue weighted by Crippen LogP contribution is 2.17. The third kappa shape index (κ3) is 3.65. The molecule has 0 aliphatic carbocycles. The zero-order valence-electron chi connectivity index (χ0n) is 10.3. The Morgan fingerprint density at radius 3 is 2.94 bits per heavy atom. The lowest BCUT2D eigenvalue weighted by Gasteiger charge is -2.22. The van der Waals surface area contributed by atoms with Crippen molar-refractivity contribution >= 4 is 17.6 Å². The molecule has 18 heavy (non-hydrogen) atoms. The van der Waals surface area contributed by atoms with Crippen LogP contribution in [0, 0.1) is 0 Å². The molecule has 0 saturated carbocycles. The Morgan fingerprint density at radius 1 is 1.44 bits per heavy atom. The molecule has 2 rings (SSSR count).